The van der Waals surface area contributed by atoms with E-state index in [1.54, 1.807) is 0 Å². The second-order valence-corrected chi connectivity index (χ2v) is 4.81. The average Bonchev–Trinajstić information content (AvgIpc) is 2.66. The first-order valence-electron chi connectivity index (χ1n) is 3.48. The Morgan fingerprint density at radius 2 is 2.10 bits per heavy atom. The fourth-order valence-electron chi connectivity index (χ4n) is 1.55. The topological polar surface area (TPSA) is 17.1 Å². The van der Waals surface area contributed by atoms with Gasteiger partial charge in [0.2, 0.25) is 0 Å². The van der Waals surface area contributed by atoms with Crippen LogP contribution in [0.3, 0.4) is 0 Å². The molecule has 0 aromatic heterocycles. The third-order valence-corrected chi connectivity index (χ3v) is 3.33. The Morgan fingerprint density at radius 3 is 2.40 bits per heavy atom. The lowest BCUT2D eigenvalue weighted by Crippen LogP contribution is -1.94. The van der Waals surface area contributed by atoms with Crippen LogP contribution in [-0.4, -0.2) is 10.6 Å². The molecule has 0 spiro atoms. The molecule has 2 aliphatic rings. The maximum Gasteiger partial charge on any atom is 0.123 e. The van der Waals surface area contributed by atoms with E-state index >= 15 is 0 Å². The SMILES string of the molecule is O=C[C@@H]1C[C@@H]1[C@H]1CC1(Cl)Cl. The maximum atomic E-state index is 10.2. The lowest BCUT2D eigenvalue weighted by Gasteiger charge is -1.93. The summed E-state index contributed by atoms with van der Waals surface area (Å²) in [6, 6.07) is 0. The van der Waals surface area contributed by atoms with Crippen molar-refractivity contribution >= 4 is 29.5 Å². The summed E-state index contributed by atoms with van der Waals surface area (Å²) in [7, 11) is 0. The molecule has 0 aliphatic heterocycles. The number of hydrogen-bond acceptors (Lipinski definition) is 1. The predicted octanol–water partition coefficient (Wildman–Crippen LogP) is 2.02. The second kappa shape index (κ2) is 1.89. The fourth-order valence-corrected chi connectivity index (χ4v) is 2.21. The van der Waals surface area contributed by atoms with Gasteiger partial charge in [0.1, 0.15) is 10.6 Å². The van der Waals surface area contributed by atoms with Crippen LogP contribution in [0.1, 0.15) is 12.8 Å². The van der Waals surface area contributed by atoms with Gasteiger partial charge in [-0.05, 0) is 24.7 Å². The third-order valence-electron chi connectivity index (χ3n) is 2.46. The highest BCUT2D eigenvalue weighted by Crippen LogP contribution is 2.64. The highest BCUT2D eigenvalue weighted by molar-refractivity contribution is 6.50. The smallest absolute Gasteiger partial charge is 0.123 e. The summed E-state index contributed by atoms with van der Waals surface area (Å²) in [6.45, 7) is 0. The molecule has 2 saturated carbocycles. The van der Waals surface area contributed by atoms with E-state index in [9.17, 15) is 4.79 Å². The van der Waals surface area contributed by atoms with Crippen LogP contribution in [0.25, 0.3) is 0 Å². The molecule has 1 nitrogen and oxygen atoms in total. The van der Waals surface area contributed by atoms with E-state index in [4.69, 9.17) is 23.2 Å². The number of rotatable bonds is 2. The Bertz CT molecular complexity index is 178. The molecule has 0 radical (unpaired) electrons. The highest BCUT2D eigenvalue weighted by atomic mass is 35.5. The van der Waals surface area contributed by atoms with E-state index in [1.165, 1.54) is 0 Å². The molecular weight excluding hydrogens is 171 g/mol. The minimum absolute atomic E-state index is 0.268. The summed E-state index contributed by atoms with van der Waals surface area (Å²) in [5.41, 5.74) is 0. The standard InChI is InChI=1S/C7H8Cl2O/c8-7(9)2-6(7)5-1-4(5)3-10/h3-6H,1-2H2/t4-,5-,6+/m0/s1. The van der Waals surface area contributed by atoms with Crippen LogP contribution in [0.5, 0.6) is 0 Å². The zero-order chi connectivity index (χ0) is 7.35. The van der Waals surface area contributed by atoms with Gasteiger partial charge in [-0.25, -0.2) is 0 Å². The molecule has 0 unspecified atom stereocenters. The van der Waals surface area contributed by atoms with Gasteiger partial charge in [-0.1, -0.05) is 0 Å². The lowest BCUT2D eigenvalue weighted by molar-refractivity contribution is -0.109. The Balaban J connectivity index is 1.90. The Hall–Kier alpha value is 0.250. The molecule has 10 heavy (non-hydrogen) atoms. The molecule has 0 aromatic rings. The summed E-state index contributed by atoms with van der Waals surface area (Å²) in [5, 5.41) is 0. The van der Waals surface area contributed by atoms with Gasteiger partial charge in [0.05, 0.1) is 0 Å². The molecule has 0 aromatic carbocycles. The van der Waals surface area contributed by atoms with Gasteiger partial charge in [-0.2, -0.15) is 0 Å². The van der Waals surface area contributed by atoms with E-state index < -0.39 is 4.33 Å². The van der Waals surface area contributed by atoms with E-state index in [2.05, 4.69) is 0 Å². The van der Waals surface area contributed by atoms with Crippen molar-refractivity contribution in [3.8, 4) is 0 Å². The molecule has 2 aliphatic carbocycles. The van der Waals surface area contributed by atoms with Crippen LogP contribution in [0.4, 0.5) is 0 Å². The molecule has 2 fully saturated rings. The summed E-state index contributed by atoms with van der Waals surface area (Å²) < 4.78 is -0.484. The highest BCUT2D eigenvalue weighted by Gasteiger charge is 2.61. The van der Waals surface area contributed by atoms with Crippen molar-refractivity contribution in [2.24, 2.45) is 17.8 Å². The van der Waals surface area contributed by atoms with E-state index in [1.807, 2.05) is 0 Å². The monoisotopic (exact) mass is 178 g/mol. The molecular formula is C7H8Cl2O. The van der Waals surface area contributed by atoms with Crippen molar-refractivity contribution < 1.29 is 4.79 Å². The zero-order valence-electron chi connectivity index (χ0n) is 5.39. The van der Waals surface area contributed by atoms with E-state index in [0.29, 0.717) is 11.8 Å². The molecule has 2 rings (SSSR count). The van der Waals surface area contributed by atoms with Gasteiger partial charge in [-0.15, -0.1) is 23.2 Å². The quantitative estimate of drug-likeness (QED) is 0.468. The summed E-state index contributed by atoms with van der Waals surface area (Å²) in [5.74, 6) is 1.18. The number of aldehydes is 1. The number of halogens is 2. The van der Waals surface area contributed by atoms with Crippen LogP contribution in [0, 0.1) is 17.8 Å². The molecule has 3 heteroatoms. The number of alkyl halides is 2. The van der Waals surface area contributed by atoms with Gasteiger partial charge < -0.3 is 4.79 Å². The normalized spacial score (nSPS) is 48.4. The van der Waals surface area contributed by atoms with Gasteiger partial charge in [0.15, 0.2) is 0 Å². The van der Waals surface area contributed by atoms with Gasteiger partial charge in [0.25, 0.3) is 0 Å². The Morgan fingerprint density at radius 1 is 1.50 bits per heavy atom. The molecule has 0 amide bonds. The summed E-state index contributed by atoms with van der Waals surface area (Å²) in [6.07, 6.45) is 2.91. The molecule has 0 heterocycles. The van der Waals surface area contributed by atoms with E-state index in [-0.39, 0.29) is 5.92 Å². The van der Waals surface area contributed by atoms with Crippen molar-refractivity contribution in [3.05, 3.63) is 0 Å². The van der Waals surface area contributed by atoms with Crippen LogP contribution in [0.2, 0.25) is 0 Å². The number of hydrogen-bond donors (Lipinski definition) is 0. The first-order valence-corrected chi connectivity index (χ1v) is 4.24. The van der Waals surface area contributed by atoms with Crippen molar-refractivity contribution in [2.45, 2.75) is 17.2 Å². The Kier molecular flexibility index (Phi) is 1.31. The predicted molar refractivity (Wildman–Crippen MR) is 40.2 cm³/mol. The molecule has 0 N–H and O–H groups in total. The van der Waals surface area contributed by atoms with Gasteiger partial charge in [-0.3, -0.25) is 0 Å². The maximum absolute atomic E-state index is 10.2. The third kappa shape index (κ3) is 0.960. The summed E-state index contributed by atoms with van der Waals surface area (Å²) in [4.78, 5) is 10.2. The van der Waals surface area contributed by atoms with Gasteiger partial charge >= 0.3 is 0 Å². The lowest BCUT2D eigenvalue weighted by atomic mass is 10.2. The number of carbonyl (C=O) groups excluding carboxylic acids is 1. The van der Waals surface area contributed by atoms with Crippen molar-refractivity contribution in [3.63, 3.8) is 0 Å². The minimum Gasteiger partial charge on any atom is -0.303 e. The van der Waals surface area contributed by atoms with E-state index in [0.717, 1.165) is 19.1 Å². The summed E-state index contributed by atoms with van der Waals surface area (Å²) >= 11 is 11.6. The van der Waals surface area contributed by atoms with Gasteiger partial charge in [0, 0.05) is 5.92 Å². The second-order valence-electron chi connectivity index (χ2n) is 3.27. The first kappa shape index (κ1) is 6.93. The van der Waals surface area contributed by atoms with Crippen LogP contribution in [-0.2, 0) is 4.79 Å². The van der Waals surface area contributed by atoms with Crippen molar-refractivity contribution in [1.82, 2.24) is 0 Å². The van der Waals surface area contributed by atoms with Crippen LogP contribution < -0.4 is 0 Å². The molecule has 3 atom stereocenters. The van der Waals surface area contributed by atoms with Crippen molar-refractivity contribution in [1.29, 1.82) is 0 Å². The first-order chi connectivity index (χ1) is 4.65. The largest absolute Gasteiger partial charge is 0.303 e. The van der Waals surface area contributed by atoms with Crippen LogP contribution >= 0.6 is 23.2 Å². The molecule has 56 valence electrons. The molecule has 0 saturated heterocycles. The minimum atomic E-state index is -0.484. The average molecular weight is 179 g/mol. The molecule has 0 bridgehead atoms. The fraction of sp³-hybridized carbons (Fsp3) is 0.857. The number of carbonyl (C=O) groups is 1. The van der Waals surface area contributed by atoms with Crippen molar-refractivity contribution in [2.75, 3.05) is 0 Å². The Labute approximate surface area is 69.7 Å². The van der Waals surface area contributed by atoms with Crippen LogP contribution in [0.15, 0.2) is 0 Å². The zero-order valence-corrected chi connectivity index (χ0v) is 6.90.